The molecule has 0 unspecified atom stereocenters. The summed E-state index contributed by atoms with van der Waals surface area (Å²) in [5, 5.41) is 2.68. The molecular formula is C18H19FN2O3. The fourth-order valence-corrected chi connectivity index (χ4v) is 2.31. The molecule has 2 amide bonds. The third-order valence-electron chi connectivity index (χ3n) is 3.46. The van der Waals surface area contributed by atoms with E-state index in [1.165, 1.54) is 37.1 Å². The number of methoxy groups -OCH3 is 1. The Bertz CT molecular complexity index is 734. The normalized spacial score (nSPS) is 10.1. The topological polar surface area (TPSA) is 58.6 Å². The minimum absolute atomic E-state index is 0.167. The number of amides is 2. The van der Waals surface area contributed by atoms with Gasteiger partial charge in [-0.2, -0.15) is 0 Å². The number of halogens is 1. The summed E-state index contributed by atoms with van der Waals surface area (Å²) in [6, 6.07) is 12.6. The van der Waals surface area contributed by atoms with E-state index >= 15 is 0 Å². The molecule has 2 aromatic carbocycles. The average molecular weight is 330 g/mol. The van der Waals surface area contributed by atoms with Crippen molar-refractivity contribution < 1.29 is 18.7 Å². The lowest BCUT2D eigenvalue weighted by Gasteiger charge is -2.23. The summed E-state index contributed by atoms with van der Waals surface area (Å²) in [6.07, 6.45) is 0. The maximum Gasteiger partial charge on any atom is 0.251 e. The Kier molecular flexibility index (Phi) is 5.89. The fraction of sp³-hybridized carbons (Fsp3) is 0.222. The predicted octanol–water partition coefficient (Wildman–Crippen LogP) is 2.62. The Morgan fingerprint density at radius 2 is 1.92 bits per heavy atom. The van der Waals surface area contributed by atoms with E-state index in [2.05, 4.69) is 5.32 Å². The molecule has 0 heterocycles. The first-order chi connectivity index (χ1) is 11.5. The molecule has 5 nitrogen and oxygen atoms in total. The number of anilines is 1. The predicted molar refractivity (Wildman–Crippen MR) is 89.8 cm³/mol. The van der Waals surface area contributed by atoms with Gasteiger partial charge in [0, 0.05) is 25.6 Å². The van der Waals surface area contributed by atoms with Gasteiger partial charge in [-0.3, -0.25) is 9.59 Å². The first-order valence-corrected chi connectivity index (χ1v) is 7.48. The SMILES string of the molecule is COc1ccccc1N(CCNC(=O)c1cccc(F)c1)C(C)=O. The summed E-state index contributed by atoms with van der Waals surface area (Å²) in [4.78, 5) is 25.4. The van der Waals surface area contributed by atoms with E-state index in [1.807, 2.05) is 6.07 Å². The summed E-state index contributed by atoms with van der Waals surface area (Å²) in [6.45, 7) is 1.95. The van der Waals surface area contributed by atoms with E-state index in [0.29, 0.717) is 11.4 Å². The van der Waals surface area contributed by atoms with E-state index in [4.69, 9.17) is 4.74 Å². The molecule has 2 rings (SSSR count). The first kappa shape index (κ1) is 17.5. The highest BCUT2D eigenvalue weighted by Gasteiger charge is 2.16. The van der Waals surface area contributed by atoms with Gasteiger partial charge in [0.05, 0.1) is 12.8 Å². The van der Waals surface area contributed by atoms with Crippen LogP contribution in [0.4, 0.5) is 10.1 Å². The number of carbonyl (C=O) groups excluding carboxylic acids is 2. The highest BCUT2D eigenvalue weighted by atomic mass is 19.1. The van der Waals surface area contributed by atoms with Crippen molar-refractivity contribution in [1.82, 2.24) is 5.32 Å². The van der Waals surface area contributed by atoms with Gasteiger partial charge in [0.15, 0.2) is 0 Å². The van der Waals surface area contributed by atoms with Gasteiger partial charge in [-0.1, -0.05) is 18.2 Å². The number of hydrogen-bond acceptors (Lipinski definition) is 3. The monoisotopic (exact) mass is 330 g/mol. The molecule has 0 aromatic heterocycles. The molecule has 0 aliphatic carbocycles. The number of nitrogens with one attached hydrogen (secondary N) is 1. The molecule has 2 aromatic rings. The molecule has 0 aliphatic rings. The van der Waals surface area contributed by atoms with E-state index in [0.717, 1.165) is 6.07 Å². The molecule has 0 aliphatic heterocycles. The Morgan fingerprint density at radius 3 is 2.58 bits per heavy atom. The first-order valence-electron chi connectivity index (χ1n) is 7.48. The molecule has 0 saturated carbocycles. The number of hydrogen-bond donors (Lipinski definition) is 1. The van der Waals surface area contributed by atoms with E-state index in [-0.39, 0.29) is 24.6 Å². The summed E-state index contributed by atoms with van der Waals surface area (Å²) in [5.41, 5.74) is 0.870. The second-order valence-corrected chi connectivity index (χ2v) is 5.11. The molecule has 6 heteroatoms. The Balaban J connectivity index is 2.02. The van der Waals surface area contributed by atoms with Gasteiger partial charge >= 0.3 is 0 Å². The quantitative estimate of drug-likeness (QED) is 0.886. The molecule has 0 atom stereocenters. The van der Waals surface area contributed by atoms with Crippen LogP contribution in [-0.2, 0) is 4.79 Å². The highest BCUT2D eigenvalue weighted by Crippen LogP contribution is 2.27. The van der Waals surface area contributed by atoms with Crippen molar-refractivity contribution in [2.24, 2.45) is 0 Å². The number of para-hydroxylation sites is 2. The third kappa shape index (κ3) is 4.32. The second kappa shape index (κ2) is 8.10. The zero-order chi connectivity index (χ0) is 17.5. The number of rotatable bonds is 6. The fourth-order valence-electron chi connectivity index (χ4n) is 2.31. The summed E-state index contributed by atoms with van der Waals surface area (Å²) >= 11 is 0. The molecule has 0 fully saturated rings. The minimum atomic E-state index is -0.470. The van der Waals surface area contributed by atoms with Crippen molar-refractivity contribution in [1.29, 1.82) is 0 Å². The van der Waals surface area contributed by atoms with Crippen LogP contribution in [0.2, 0.25) is 0 Å². The van der Waals surface area contributed by atoms with Crippen LogP contribution in [0.1, 0.15) is 17.3 Å². The molecule has 1 N–H and O–H groups in total. The molecule has 0 spiro atoms. The molecule has 0 radical (unpaired) electrons. The molecule has 126 valence electrons. The van der Waals surface area contributed by atoms with Crippen LogP contribution in [0.25, 0.3) is 0 Å². The summed E-state index contributed by atoms with van der Waals surface area (Å²) in [5.74, 6) is -0.455. The zero-order valence-corrected chi connectivity index (χ0v) is 13.6. The van der Waals surface area contributed by atoms with Gasteiger partial charge < -0.3 is 15.0 Å². The van der Waals surface area contributed by atoms with Gasteiger partial charge in [0.1, 0.15) is 11.6 Å². The Labute approximate surface area is 140 Å². The summed E-state index contributed by atoms with van der Waals surface area (Å²) < 4.78 is 18.4. The Morgan fingerprint density at radius 1 is 1.17 bits per heavy atom. The molecular weight excluding hydrogens is 311 g/mol. The molecule has 0 saturated heterocycles. The van der Waals surface area contributed by atoms with Crippen molar-refractivity contribution in [2.75, 3.05) is 25.1 Å². The van der Waals surface area contributed by atoms with E-state index in [9.17, 15) is 14.0 Å². The summed E-state index contributed by atoms with van der Waals surface area (Å²) in [7, 11) is 1.53. The van der Waals surface area contributed by atoms with Crippen LogP contribution in [0.15, 0.2) is 48.5 Å². The number of benzene rings is 2. The van der Waals surface area contributed by atoms with E-state index < -0.39 is 11.7 Å². The number of ether oxygens (including phenoxy) is 1. The van der Waals surface area contributed by atoms with Crippen LogP contribution >= 0.6 is 0 Å². The maximum atomic E-state index is 13.1. The van der Waals surface area contributed by atoms with E-state index in [1.54, 1.807) is 18.2 Å². The van der Waals surface area contributed by atoms with Crippen LogP contribution in [0, 0.1) is 5.82 Å². The van der Waals surface area contributed by atoms with Crippen molar-refractivity contribution in [3.8, 4) is 5.75 Å². The molecule has 24 heavy (non-hydrogen) atoms. The second-order valence-electron chi connectivity index (χ2n) is 5.11. The lowest BCUT2D eigenvalue weighted by molar-refractivity contribution is -0.116. The zero-order valence-electron chi connectivity index (χ0n) is 13.6. The number of nitrogens with zero attached hydrogens (tertiary/aromatic N) is 1. The molecule has 0 bridgehead atoms. The lowest BCUT2D eigenvalue weighted by atomic mass is 10.2. The smallest absolute Gasteiger partial charge is 0.251 e. The lowest BCUT2D eigenvalue weighted by Crippen LogP contribution is -2.37. The van der Waals surface area contributed by atoms with Crippen molar-refractivity contribution in [3.05, 3.63) is 59.9 Å². The average Bonchev–Trinajstić information content (AvgIpc) is 2.58. The standard InChI is InChI=1S/C18H19FN2O3/c1-13(22)21(16-8-3-4-9-17(16)24-2)11-10-20-18(23)14-6-5-7-15(19)12-14/h3-9,12H,10-11H2,1-2H3,(H,20,23). The van der Waals surface area contributed by atoms with Gasteiger partial charge in [-0.15, -0.1) is 0 Å². The van der Waals surface area contributed by atoms with Crippen molar-refractivity contribution in [3.63, 3.8) is 0 Å². The van der Waals surface area contributed by atoms with Gasteiger partial charge in [-0.05, 0) is 30.3 Å². The maximum absolute atomic E-state index is 13.1. The largest absolute Gasteiger partial charge is 0.495 e. The Hall–Kier alpha value is -2.89. The third-order valence-corrected chi connectivity index (χ3v) is 3.46. The van der Waals surface area contributed by atoms with Crippen LogP contribution in [0.5, 0.6) is 5.75 Å². The van der Waals surface area contributed by atoms with Gasteiger partial charge in [-0.25, -0.2) is 4.39 Å². The van der Waals surface area contributed by atoms with Crippen molar-refractivity contribution in [2.45, 2.75) is 6.92 Å². The van der Waals surface area contributed by atoms with Crippen LogP contribution < -0.4 is 15.0 Å². The van der Waals surface area contributed by atoms with Gasteiger partial charge in [0.25, 0.3) is 5.91 Å². The highest BCUT2D eigenvalue weighted by molar-refractivity contribution is 5.95. The van der Waals surface area contributed by atoms with Gasteiger partial charge in [0.2, 0.25) is 5.91 Å². The minimum Gasteiger partial charge on any atom is -0.495 e. The van der Waals surface area contributed by atoms with Crippen molar-refractivity contribution >= 4 is 17.5 Å². The van der Waals surface area contributed by atoms with Crippen LogP contribution in [0.3, 0.4) is 0 Å². The number of carbonyl (C=O) groups is 2. The van der Waals surface area contributed by atoms with Crippen LogP contribution in [-0.4, -0.2) is 32.0 Å².